The predicted molar refractivity (Wildman–Crippen MR) is 228 cm³/mol. The number of esters is 2. The number of phosphoric acid groups is 1. The van der Waals surface area contributed by atoms with Crippen molar-refractivity contribution in [3.05, 3.63) is 97.2 Å². The topological polar surface area (TPSA) is 134 Å². The van der Waals surface area contributed by atoms with E-state index < -0.39 is 32.5 Å². The highest BCUT2D eigenvalue weighted by molar-refractivity contribution is 7.47. The lowest BCUT2D eigenvalue weighted by molar-refractivity contribution is -0.161. The minimum absolute atomic E-state index is 0.0316. The molecule has 0 fully saturated rings. The zero-order valence-corrected chi connectivity index (χ0v) is 35.0. The molecule has 0 aliphatic heterocycles. The smallest absolute Gasteiger partial charge is 0.462 e. The molecule has 0 aliphatic carbocycles. The largest absolute Gasteiger partial charge is 0.472 e. The molecule has 312 valence electrons. The molecule has 0 aliphatic rings. The Morgan fingerprint density at radius 2 is 0.964 bits per heavy atom. The standard InChI is InChI=1S/C45H74NO8P/c1-3-5-7-9-11-13-15-17-19-20-21-22-24-26-28-30-32-34-36-38-45(48)54-43(42-53-55(49,50)52-40-39-46)41-51-44(47)37-35-33-31-29-27-25-23-18-16-14-12-10-8-6-4-2/h11-14,17-19,21-23,26-29,32,34,43H,3-10,15-16,20,24-25,30-31,33,35-42,46H2,1-2H3,(H,49,50)/b13-11-,14-12-,19-17-,22-21-,23-18-,28-26-,29-27-,34-32-/t43-/m1/s1. The highest BCUT2D eigenvalue weighted by Gasteiger charge is 2.25. The summed E-state index contributed by atoms with van der Waals surface area (Å²) >= 11 is 0. The molecule has 0 saturated carbocycles. The van der Waals surface area contributed by atoms with Crippen molar-refractivity contribution in [1.82, 2.24) is 0 Å². The summed E-state index contributed by atoms with van der Waals surface area (Å²) in [4.78, 5) is 34.8. The van der Waals surface area contributed by atoms with E-state index in [0.29, 0.717) is 12.8 Å². The number of rotatable bonds is 37. The van der Waals surface area contributed by atoms with Gasteiger partial charge in [-0.3, -0.25) is 18.6 Å². The van der Waals surface area contributed by atoms with Crippen molar-refractivity contribution in [3.63, 3.8) is 0 Å². The molecule has 2 atom stereocenters. The van der Waals surface area contributed by atoms with E-state index >= 15 is 0 Å². The molecule has 0 aromatic rings. The van der Waals surface area contributed by atoms with Gasteiger partial charge in [0.15, 0.2) is 6.10 Å². The zero-order valence-electron chi connectivity index (χ0n) is 34.1. The summed E-state index contributed by atoms with van der Waals surface area (Å²) in [5, 5.41) is 0. The van der Waals surface area contributed by atoms with Crippen LogP contribution in [0.15, 0.2) is 97.2 Å². The molecule has 0 spiro atoms. The van der Waals surface area contributed by atoms with Gasteiger partial charge < -0.3 is 20.1 Å². The molecular formula is C45H74NO8P. The van der Waals surface area contributed by atoms with E-state index in [1.807, 2.05) is 12.2 Å². The minimum Gasteiger partial charge on any atom is -0.462 e. The van der Waals surface area contributed by atoms with Crippen molar-refractivity contribution in [2.75, 3.05) is 26.4 Å². The Bertz CT molecular complexity index is 1220. The van der Waals surface area contributed by atoms with Gasteiger partial charge in [-0.1, -0.05) is 137 Å². The van der Waals surface area contributed by atoms with Gasteiger partial charge in [-0.25, -0.2) is 4.57 Å². The Morgan fingerprint density at radius 1 is 0.545 bits per heavy atom. The summed E-state index contributed by atoms with van der Waals surface area (Å²) in [6.07, 6.45) is 51.7. The van der Waals surface area contributed by atoms with E-state index in [0.717, 1.165) is 57.8 Å². The van der Waals surface area contributed by atoms with Crippen LogP contribution >= 0.6 is 7.82 Å². The Kier molecular flexibility index (Phi) is 38.3. The first-order valence-corrected chi connectivity index (χ1v) is 22.2. The number of carbonyl (C=O) groups excluding carboxylic acids is 2. The van der Waals surface area contributed by atoms with Crippen molar-refractivity contribution in [1.29, 1.82) is 0 Å². The first-order chi connectivity index (χ1) is 26.8. The normalized spacial score (nSPS) is 14.3. The zero-order chi connectivity index (χ0) is 40.3. The van der Waals surface area contributed by atoms with Gasteiger partial charge in [-0.05, 0) is 89.9 Å². The number of phosphoric ester groups is 1. The van der Waals surface area contributed by atoms with Gasteiger partial charge in [0.05, 0.1) is 13.2 Å². The summed E-state index contributed by atoms with van der Waals surface area (Å²) in [6, 6.07) is 0. The van der Waals surface area contributed by atoms with Crippen LogP contribution in [0.2, 0.25) is 0 Å². The summed E-state index contributed by atoms with van der Waals surface area (Å²) < 4.78 is 32.6. The van der Waals surface area contributed by atoms with Crippen LogP contribution in [0.5, 0.6) is 0 Å². The molecule has 3 N–H and O–H groups in total. The first kappa shape index (κ1) is 51.9. The molecule has 0 aromatic carbocycles. The van der Waals surface area contributed by atoms with E-state index in [1.165, 1.54) is 44.9 Å². The van der Waals surface area contributed by atoms with Crippen LogP contribution in [0.4, 0.5) is 0 Å². The Morgan fingerprint density at radius 3 is 1.40 bits per heavy atom. The second kappa shape index (κ2) is 40.6. The Labute approximate surface area is 334 Å². The molecule has 10 heteroatoms. The summed E-state index contributed by atoms with van der Waals surface area (Å²) in [5.74, 6) is -0.981. The third kappa shape index (κ3) is 40.4. The van der Waals surface area contributed by atoms with Crippen LogP contribution < -0.4 is 5.73 Å². The molecule has 0 bridgehead atoms. The maximum absolute atomic E-state index is 12.5. The number of hydrogen-bond donors (Lipinski definition) is 2. The molecular weight excluding hydrogens is 713 g/mol. The molecule has 0 radical (unpaired) electrons. The predicted octanol–water partition coefficient (Wildman–Crippen LogP) is 11.8. The molecule has 55 heavy (non-hydrogen) atoms. The second-order valence-corrected chi connectivity index (χ2v) is 14.6. The van der Waals surface area contributed by atoms with Crippen LogP contribution in [-0.2, 0) is 32.7 Å². The summed E-state index contributed by atoms with van der Waals surface area (Å²) in [7, 11) is -4.41. The number of unbranched alkanes of at least 4 members (excludes halogenated alkanes) is 8. The van der Waals surface area contributed by atoms with Crippen molar-refractivity contribution < 1.29 is 37.6 Å². The average molecular weight is 788 g/mol. The van der Waals surface area contributed by atoms with Gasteiger partial charge in [0.2, 0.25) is 0 Å². The fourth-order valence-corrected chi connectivity index (χ4v) is 5.62. The van der Waals surface area contributed by atoms with Crippen LogP contribution in [-0.4, -0.2) is 49.3 Å². The number of allylic oxidation sites excluding steroid dienone is 16. The fraction of sp³-hybridized carbons (Fsp3) is 0.600. The number of nitrogens with two attached hydrogens (primary N) is 1. The molecule has 0 rings (SSSR count). The molecule has 0 amide bonds. The number of ether oxygens (including phenoxy) is 2. The van der Waals surface area contributed by atoms with E-state index in [1.54, 1.807) is 0 Å². The van der Waals surface area contributed by atoms with Gasteiger partial charge in [0.25, 0.3) is 0 Å². The monoisotopic (exact) mass is 788 g/mol. The molecule has 0 heterocycles. The average Bonchev–Trinajstić information content (AvgIpc) is 3.17. The number of carbonyl (C=O) groups is 2. The van der Waals surface area contributed by atoms with Crippen LogP contribution in [0.3, 0.4) is 0 Å². The van der Waals surface area contributed by atoms with Gasteiger partial charge in [-0.15, -0.1) is 0 Å². The lowest BCUT2D eigenvalue weighted by atomic mass is 10.1. The summed E-state index contributed by atoms with van der Waals surface area (Å²) in [6.45, 7) is 3.51. The van der Waals surface area contributed by atoms with E-state index in [4.69, 9.17) is 24.3 Å². The molecule has 0 saturated heterocycles. The first-order valence-electron chi connectivity index (χ1n) is 20.7. The van der Waals surface area contributed by atoms with E-state index in [9.17, 15) is 19.0 Å². The highest BCUT2D eigenvalue weighted by Crippen LogP contribution is 2.43. The highest BCUT2D eigenvalue weighted by atomic mass is 31.2. The van der Waals surface area contributed by atoms with Crippen LogP contribution in [0, 0.1) is 0 Å². The number of hydrogen-bond acceptors (Lipinski definition) is 8. The van der Waals surface area contributed by atoms with Crippen LogP contribution in [0.25, 0.3) is 0 Å². The van der Waals surface area contributed by atoms with Gasteiger partial charge in [0, 0.05) is 19.4 Å². The lowest BCUT2D eigenvalue weighted by Crippen LogP contribution is -2.29. The molecule has 9 nitrogen and oxygen atoms in total. The third-order valence-corrected chi connectivity index (χ3v) is 8.94. The third-order valence-electron chi connectivity index (χ3n) is 7.96. The van der Waals surface area contributed by atoms with E-state index in [2.05, 4.69) is 98.9 Å². The van der Waals surface area contributed by atoms with Gasteiger partial charge >= 0.3 is 19.8 Å². The maximum Gasteiger partial charge on any atom is 0.472 e. The maximum atomic E-state index is 12.5. The van der Waals surface area contributed by atoms with Gasteiger partial charge in [-0.2, -0.15) is 0 Å². The van der Waals surface area contributed by atoms with Crippen molar-refractivity contribution in [2.45, 2.75) is 148 Å². The molecule has 1 unspecified atom stereocenters. The van der Waals surface area contributed by atoms with Crippen LogP contribution in [0.1, 0.15) is 142 Å². The molecule has 0 aromatic heterocycles. The summed E-state index contributed by atoms with van der Waals surface area (Å²) in [5.41, 5.74) is 5.33. The van der Waals surface area contributed by atoms with Crippen molar-refractivity contribution >= 4 is 19.8 Å². The fourth-order valence-electron chi connectivity index (χ4n) is 4.86. The Hall–Kier alpha value is -3.07. The Balaban J connectivity index is 4.41. The van der Waals surface area contributed by atoms with E-state index in [-0.39, 0.29) is 32.6 Å². The van der Waals surface area contributed by atoms with Crippen molar-refractivity contribution in [2.24, 2.45) is 5.73 Å². The minimum atomic E-state index is -4.41. The second-order valence-electron chi connectivity index (χ2n) is 13.1. The van der Waals surface area contributed by atoms with Gasteiger partial charge in [0.1, 0.15) is 6.61 Å². The SMILES string of the molecule is CCCCC/C=C\C/C=C\C/C=C\C/C=C\C/C=C\CCC(=O)O[C@H](COC(=O)CCCC/C=C\C/C=C\C/C=C\CCCCC)COP(=O)(O)OCCN. The van der Waals surface area contributed by atoms with Crippen molar-refractivity contribution in [3.8, 4) is 0 Å². The quantitative estimate of drug-likeness (QED) is 0.0273. The lowest BCUT2D eigenvalue weighted by Gasteiger charge is -2.19.